The van der Waals surface area contributed by atoms with E-state index >= 15 is 0 Å². The monoisotopic (exact) mass is 267 g/mol. The topological polar surface area (TPSA) is 59.2 Å². The highest BCUT2D eigenvalue weighted by molar-refractivity contribution is 8.01. The average molecular weight is 267 g/mol. The summed E-state index contributed by atoms with van der Waals surface area (Å²) in [4.78, 5) is 17.5. The Bertz CT molecular complexity index is 551. The summed E-state index contributed by atoms with van der Waals surface area (Å²) in [5.74, 6) is 0.510. The van der Waals surface area contributed by atoms with Crippen LogP contribution >= 0.6 is 23.1 Å². The van der Waals surface area contributed by atoms with Crippen molar-refractivity contribution >= 4 is 44.9 Å². The standard InChI is InChI=1S/C11H13N3OS2/c1-14(2)10(15)6-16-11-13-8-4-3-7(12)5-9(8)17-11/h3-5H,6,12H2,1-2H3. The first kappa shape index (κ1) is 12.2. The van der Waals surface area contributed by atoms with Crippen molar-refractivity contribution in [2.75, 3.05) is 25.6 Å². The van der Waals surface area contributed by atoms with Crippen LogP contribution in [-0.2, 0) is 4.79 Å². The zero-order chi connectivity index (χ0) is 12.4. The lowest BCUT2D eigenvalue weighted by Gasteiger charge is -2.07. The van der Waals surface area contributed by atoms with Crippen LogP contribution in [0.3, 0.4) is 0 Å². The van der Waals surface area contributed by atoms with E-state index in [1.54, 1.807) is 30.3 Å². The molecule has 0 saturated heterocycles. The molecule has 0 aliphatic heterocycles. The number of carbonyl (C=O) groups excluding carboxylic acids is 1. The van der Waals surface area contributed by atoms with E-state index in [0.29, 0.717) is 5.75 Å². The van der Waals surface area contributed by atoms with Gasteiger partial charge < -0.3 is 10.6 Å². The number of carbonyl (C=O) groups is 1. The first-order chi connectivity index (χ1) is 8.06. The van der Waals surface area contributed by atoms with Gasteiger partial charge in [-0.3, -0.25) is 4.79 Å². The normalized spacial score (nSPS) is 10.7. The first-order valence-electron chi connectivity index (χ1n) is 5.05. The first-order valence-corrected chi connectivity index (χ1v) is 6.85. The largest absolute Gasteiger partial charge is 0.399 e. The molecule has 1 aromatic carbocycles. The minimum absolute atomic E-state index is 0.0915. The Morgan fingerprint density at radius 1 is 1.53 bits per heavy atom. The van der Waals surface area contributed by atoms with E-state index in [-0.39, 0.29) is 5.91 Å². The van der Waals surface area contributed by atoms with E-state index in [9.17, 15) is 4.79 Å². The van der Waals surface area contributed by atoms with Crippen LogP contribution in [0.15, 0.2) is 22.5 Å². The Labute approximate surface area is 108 Å². The van der Waals surface area contributed by atoms with Gasteiger partial charge >= 0.3 is 0 Å². The van der Waals surface area contributed by atoms with E-state index in [1.165, 1.54) is 11.8 Å². The number of thioether (sulfide) groups is 1. The van der Waals surface area contributed by atoms with Crippen LogP contribution in [0.4, 0.5) is 5.69 Å². The summed E-state index contributed by atoms with van der Waals surface area (Å²) in [5, 5.41) is 0. The van der Waals surface area contributed by atoms with Gasteiger partial charge in [0.1, 0.15) is 0 Å². The summed E-state index contributed by atoms with van der Waals surface area (Å²) in [6, 6.07) is 5.64. The van der Waals surface area contributed by atoms with Crippen molar-refractivity contribution in [3.05, 3.63) is 18.2 Å². The smallest absolute Gasteiger partial charge is 0.232 e. The van der Waals surface area contributed by atoms with Gasteiger partial charge in [0.2, 0.25) is 5.91 Å². The van der Waals surface area contributed by atoms with Gasteiger partial charge in [0.05, 0.1) is 16.0 Å². The molecule has 0 bridgehead atoms. The number of anilines is 1. The van der Waals surface area contributed by atoms with Crippen molar-refractivity contribution < 1.29 is 4.79 Å². The lowest BCUT2D eigenvalue weighted by molar-refractivity contribution is -0.125. The van der Waals surface area contributed by atoms with E-state index in [4.69, 9.17) is 5.73 Å². The zero-order valence-corrected chi connectivity index (χ0v) is 11.3. The molecule has 0 aliphatic rings. The molecule has 17 heavy (non-hydrogen) atoms. The van der Waals surface area contributed by atoms with Crippen LogP contribution in [0, 0.1) is 0 Å². The molecule has 6 heteroatoms. The number of fused-ring (bicyclic) bond motifs is 1. The number of thiazole rings is 1. The van der Waals surface area contributed by atoms with Crippen LogP contribution in [0.25, 0.3) is 10.2 Å². The third-order valence-electron chi connectivity index (χ3n) is 2.21. The molecule has 0 unspecified atom stereocenters. The molecule has 2 N–H and O–H groups in total. The van der Waals surface area contributed by atoms with Gasteiger partial charge in [-0.2, -0.15) is 0 Å². The van der Waals surface area contributed by atoms with E-state index in [2.05, 4.69) is 4.98 Å². The molecule has 1 aromatic heterocycles. The third kappa shape index (κ3) is 2.89. The lowest BCUT2D eigenvalue weighted by atomic mass is 10.3. The van der Waals surface area contributed by atoms with Crippen molar-refractivity contribution in [1.82, 2.24) is 9.88 Å². The minimum Gasteiger partial charge on any atom is -0.399 e. The predicted molar refractivity (Wildman–Crippen MR) is 73.5 cm³/mol. The number of nitrogen functional groups attached to an aromatic ring is 1. The van der Waals surface area contributed by atoms with Gasteiger partial charge in [-0.1, -0.05) is 11.8 Å². The molecule has 90 valence electrons. The summed E-state index contributed by atoms with van der Waals surface area (Å²) in [5.41, 5.74) is 7.38. The fourth-order valence-electron chi connectivity index (χ4n) is 1.23. The summed E-state index contributed by atoms with van der Waals surface area (Å²) in [6.07, 6.45) is 0. The van der Waals surface area contributed by atoms with Crippen molar-refractivity contribution in [2.24, 2.45) is 0 Å². The van der Waals surface area contributed by atoms with Crippen LogP contribution in [-0.4, -0.2) is 35.6 Å². The van der Waals surface area contributed by atoms with Crippen molar-refractivity contribution in [3.63, 3.8) is 0 Å². The molecule has 0 radical (unpaired) electrons. The molecule has 4 nitrogen and oxygen atoms in total. The van der Waals surface area contributed by atoms with Gasteiger partial charge in [-0.05, 0) is 18.2 Å². The summed E-state index contributed by atoms with van der Waals surface area (Å²) in [6.45, 7) is 0. The van der Waals surface area contributed by atoms with Crippen LogP contribution < -0.4 is 5.73 Å². The Kier molecular flexibility index (Phi) is 3.54. The molecule has 1 heterocycles. The second-order valence-electron chi connectivity index (χ2n) is 3.78. The van der Waals surface area contributed by atoms with Crippen molar-refractivity contribution in [2.45, 2.75) is 4.34 Å². The van der Waals surface area contributed by atoms with Crippen LogP contribution in [0.1, 0.15) is 0 Å². The van der Waals surface area contributed by atoms with Gasteiger partial charge in [-0.25, -0.2) is 4.98 Å². The molecule has 2 rings (SSSR count). The molecule has 1 amide bonds. The molecule has 0 atom stereocenters. The molecular weight excluding hydrogens is 254 g/mol. The number of nitrogens with zero attached hydrogens (tertiary/aromatic N) is 2. The van der Waals surface area contributed by atoms with Crippen LogP contribution in [0.2, 0.25) is 0 Å². The number of benzene rings is 1. The van der Waals surface area contributed by atoms with Gasteiger partial charge in [0, 0.05) is 19.8 Å². The summed E-state index contributed by atoms with van der Waals surface area (Å²) < 4.78 is 1.96. The Morgan fingerprint density at radius 2 is 2.29 bits per heavy atom. The maximum atomic E-state index is 11.4. The van der Waals surface area contributed by atoms with Gasteiger partial charge in [-0.15, -0.1) is 11.3 Å². The average Bonchev–Trinajstić information content (AvgIpc) is 2.67. The van der Waals surface area contributed by atoms with E-state index in [1.807, 2.05) is 18.2 Å². The molecule has 0 spiro atoms. The van der Waals surface area contributed by atoms with Crippen molar-refractivity contribution in [1.29, 1.82) is 0 Å². The zero-order valence-electron chi connectivity index (χ0n) is 9.64. The van der Waals surface area contributed by atoms with Crippen molar-refractivity contribution in [3.8, 4) is 0 Å². The maximum Gasteiger partial charge on any atom is 0.232 e. The quantitative estimate of drug-likeness (QED) is 0.683. The highest BCUT2D eigenvalue weighted by Gasteiger charge is 2.09. The molecule has 0 fully saturated rings. The molecular formula is C11H13N3OS2. The maximum absolute atomic E-state index is 11.4. The fourth-order valence-corrected chi connectivity index (χ4v) is 3.33. The predicted octanol–water partition coefficient (Wildman–Crippen LogP) is 2.06. The number of rotatable bonds is 3. The lowest BCUT2D eigenvalue weighted by Crippen LogP contribution is -2.23. The number of aromatic nitrogens is 1. The summed E-state index contributed by atoms with van der Waals surface area (Å²) in [7, 11) is 3.50. The second-order valence-corrected chi connectivity index (χ2v) is 6.04. The number of amides is 1. The Balaban J connectivity index is 2.12. The number of hydrogen-bond acceptors (Lipinski definition) is 5. The summed E-state index contributed by atoms with van der Waals surface area (Å²) >= 11 is 3.03. The van der Waals surface area contributed by atoms with Crippen LogP contribution in [0.5, 0.6) is 0 Å². The number of hydrogen-bond donors (Lipinski definition) is 1. The Hall–Kier alpha value is -1.27. The highest BCUT2D eigenvalue weighted by atomic mass is 32.2. The van der Waals surface area contributed by atoms with Gasteiger partial charge in [0.25, 0.3) is 0 Å². The Morgan fingerprint density at radius 3 is 3.00 bits per heavy atom. The molecule has 2 aromatic rings. The molecule has 0 aliphatic carbocycles. The second kappa shape index (κ2) is 4.93. The SMILES string of the molecule is CN(C)C(=O)CSc1nc2ccc(N)cc2s1. The number of nitrogens with two attached hydrogens (primary N) is 1. The van der Waals surface area contributed by atoms with E-state index < -0.39 is 0 Å². The fraction of sp³-hybridized carbons (Fsp3) is 0.273. The van der Waals surface area contributed by atoms with Gasteiger partial charge in [0.15, 0.2) is 4.34 Å². The van der Waals surface area contributed by atoms with E-state index in [0.717, 1.165) is 20.2 Å². The highest BCUT2D eigenvalue weighted by Crippen LogP contribution is 2.30. The minimum atomic E-state index is 0.0915. The third-order valence-corrected chi connectivity index (χ3v) is 4.36. The molecule has 0 saturated carbocycles.